The molecule has 0 unspecified atom stereocenters. The molecule has 1 fully saturated rings. The number of amides is 2. The highest BCUT2D eigenvalue weighted by Gasteiger charge is 2.32. The molecule has 0 bridgehead atoms. The van der Waals surface area contributed by atoms with Gasteiger partial charge in [0, 0.05) is 19.0 Å². The number of aromatic nitrogens is 2. The van der Waals surface area contributed by atoms with E-state index in [9.17, 15) is 19.5 Å². The van der Waals surface area contributed by atoms with Crippen molar-refractivity contribution < 1.29 is 24.2 Å². The highest BCUT2D eigenvalue weighted by Crippen LogP contribution is 2.44. The molecule has 1 saturated carbocycles. The van der Waals surface area contributed by atoms with Crippen molar-refractivity contribution in [3.05, 3.63) is 71.5 Å². The van der Waals surface area contributed by atoms with Gasteiger partial charge in [0.15, 0.2) is 0 Å². The van der Waals surface area contributed by atoms with Crippen molar-refractivity contribution >= 4 is 23.7 Å². The summed E-state index contributed by atoms with van der Waals surface area (Å²) in [6.45, 7) is 0.153. The zero-order valence-corrected chi connectivity index (χ0v) is 19.2. The Hall–Kier alpha value is -4.14. The van der Waals surface area contributed by atoms with Crippen molar-refractivity contribution in [1.82, 2.24) is 15.1 Å². The first-order valence-electron chi connectivity index (χ1n) is 11.6. The molecular formula is C26H26N4O5. The highest BCUT2D eigenvalue weighted by atomic mass is 16.5. The minimum atomic E-state index is -0.847. The average Bonchev–Trinajstić information content (AvgIpc) is 3.54. The molecule has 9 heteroatoms. The fraction of sp³-hybridized carbons (Fsp3) is 0.308. The first kappa shape index (κ1) is 22.6. The first-order valence-corrected chi connectivity index (χ1v) is 11.6. The van der Waals surface area contributed by atoms with Crippen LogP contribution >= 0.6 is 0 Å². The minimum Gasteiger partial charge on any atom is -0.481 e. The topological polar surface area (TPSA) is 123 Å². The number of anilines is 1. The monoisotopic (exact) mass is 474 g/mol. The van der Waals surface area contributed by atoms with Crippen molar-refractivity contribution in [2.24, 2.45) is 13.0 Å². The molecule has 35 heavy (non-hydrogen) atoms. The summed E-state index contributed by atoms with van der Waals surface area (Å²) in [5, 5.41) is 18.8. The van der Waals surface area contributed by atoms with E-state index in [0.29, 0.717) is 19.3 Å². The van der Waals surface area contributed by atoms with Crippen LogP contribution in [0.1, 0.15) is 46.8 Å². The van der Waals surface area contributed by atoms with Gasteiger partial charge in [0.2, 0.25) is 0 Å². The van der Waals surface area contributed by atoms with E-state index in [0.717, 1.165) is 22.3 Å². The second kappa shape index (κ2) is 9.25. The number of aliphatic carboxylic acids is 1. The number of carbonyl (C=O) groups is 3. The van der Waals surface area contributed by atoms with Crippen LogP contribution in [-0.4, -0.2) is 45.5 Å². The largest absolute Gasteiger partial charge is 0.481 e. The van der Waals surface area contributed by atoms with E-state index in [1.54, 1.807) is 7.05 Å². The van der Waals surface area contributed by atoms with Gasteiger partial charge in [-0.1, -0.05) is 48.5 Å². The number of fused-ring (bicyclic) bond motifs is 3. The minimum absolute atomic E-state index is 0.0747. The van der Waals surface area contributed by atoms with Crippen LogP contribution in [-0.2, 0) is 16.6 Å². The molecule has 2 aromatic carbocycles. The Morgan fingerprint density at radius 3 is 2.34 bits per heavy atom. The number of hydrogen-bond acceptors (Lipinski definition) is 5. The number of nitrogens with one attached hydrogen (secondary N) is 2. The van der Waals surface area contributed by atoms with Gasteiger partial charge in [0.1, 0.15) is 12.3 Å². The lowest BCUT2D eigenvalue weighted by Gasteiger charge is -2.15. The van der Waals surface area contributed by atoms with E-state index in [1.807, 2.05) is 36.4 Å². The molecule has 0 saturated heterocycles. The predicted molar refractivity (Wildman–Crippen MR) is 128 cm³/mol. The summed E-state index contributed by atoms with van der Waals surface area (Å²) in [6, 6.07) is 15.9. The van der Waals surface area contributed by atoms with Gasteiger partial charge in [-0.15, -0.1) is 0 Å². The maximum absolute atomic E-state index is 12.9. The van der Waals surface area contributed by atoms with Crippen LogP contribution in [0.15, 0.2) is 54.7 Å². The second-order valence-electron chi connectivity index (χ2n) is 9.00. The number of ether oxygens (including phenoxy) is 1. The fourth-order valence-electron chi connectivity index (χ4n) is 5.13. The van der Waals surface area contributed by atoms with Gasteiger partial charge in [-0.05, 0) is 41.5 Å². The Labute approximate surface area is 202 Å². The Bertz CT molecular complexity index is 1250. The van der Waals surface area contributed by atoms with Crippen LogP contribution in [0.3, 0.4) is 0 Å². The molecule has 1 heterocycles. The molecule has 0 spiro atoms. The number of aryl methyl sites for hydroxylation is 1. The van der Waals surface area contributed by atoms with Crippen LogP contribution in [0.5, 0.6) is 0 Å². The van der Waals surface area contributed by atoms with Gasteiger partial charge in [-0.25, -0.2) is 4.79 Å². The molecule has 180 valence electrons. The van der Waals surface area contributed by atoms with Gasteiger partial charge in [0.25, 0.3) is 5.91 Å². The smallest absolute Gasteiger partial charge is 0.411 e. The van der Waals surface area contributed by atoms with Crippen molar-refractivity contribution in [3.63, 3.8) is 0 Å². The highest BCUT2D eigenvalue weighted by molar-refractivity contribution is 6.01. The summed E-state index contributed by atoms with van der Waals surface area (Å²) in [6.07, 6.45) is 2.21. The van der Waals surface area contributed by atoms with Gasteiger partial charge < -0.3 is 15.2 Å². The lowest BCUT2D eigenvalue weighted by molar-refractivity contribution is -0.141. The molecule has 2 atom stereocenters. The SMILES string of the molecule is Cn1ncc(NC(=O)OCC2c3ccccc3-c3ccccc32)c1C(=O)N[C@H]1CC[C@@H](C(=O)O)C1. The summed E-state index contributed by atoms with van der Waals surface area (Å²) in [5.74, 6) is -1.80. The van der Waals surface area contributed by atoms with Crippen molar-refractivity contribution in [3.8, 4) is 11.1 Å². The van der Waals surface area contributed by atoms with Crippen LogP contribution in [0.4, 0.5) is 10.5 Å². The van der Waals surface area contributed by atoms with E-state index in [2.05, 4.69) is 27.9 Å². The zero-order chi connectivity index (χ0) is 24.5. The number of hydrogen-bond donors (Lipinski definition) is 3. The van der Waals surface area contributed by atoms with Crippen LogP contribution in [0.25, 0.3) is 11.1 Å². The van der Waals surface area contributed by atoms with Gasteiger partial charge in [-0.3, -0.25) is 19.6 Å². The molecule has 1 aromatic heterocycles. The molecule has 3 aromatic rings. The lowest BCUT2D eigenvalue weighted by Crippen LogP contribution is -2.35. The van der Waals surface area contributed by atoms with Crippen LogP contribution < -0.4 is 10.6 Å². The Morgan fingerprint density at radius 2 is 1.71 bits per heavy atom. The number of carboxylic acids is 1. The van der Waals surface area contributed by atoms with E-state index in [4.69, 9.17) is 4.74 Å². The molecule has 0 aliphatic heterocycles. The molecule has 0 radical (unpaired) electrons. The summed E-state index contributed by atoms with van der Waals surface area (Å²) >= 11 is 0. The van der Waals surface area contributed by atoms with Gasteiger partial charge in [0.05, 0.1) is 17.8 Å². The fourth-order valence-corrected chi connectivity index (χ4v) is 5.13. The van der Waals surface area contributed by atoms with Gasteiger partial charge >= 0.3 is 12.1 Å². The lowest BCUT2D eigenvalue weighted by atomic mass is 9.98. The maximum atomic E-state index is 12.9. The Morgan fingerprint density at radius 1 is 1.06 bits per heavy atom. The van der Waals surface area contributed by atoms with Gasteiger partial charge in [-0.2, -0.15) is 5.10 Å². The van der Waals surface area contributed by atoms with Crippen molar-refractivity contribution in [2.75, 3.05) is 11.9 Å². The summed E-state index contributed by atoms with van der Waals surface area (Å²) in [7, 11) is 1.60. The summed E-state index contributed by atoms with van der Waals surface area (Å²) < 4.78 is 6.95. The van der Waals surface area contributed by atoms with E-state index < -0.39 is 23.9 Å². The zero-order valence-electron chi connectivity index (χ0n) is 19.2. The van der Waals surface area contributed by atoms with E-state index >= 15 is 0 Å². The van der Waals surface area contributed by atoms with Crippen molar-refractivity contribution in [2.45, 2.75) is 31.2 Å². The number of carboxylic acid groups (broad SMARTS) is 1. The number of carbonyl (C=O) groups excluding carboxylic acids is 2. The molecule has 5 rings (SSSR count). The average molecular weight is 475 g/mol. The number of benzene rings is 2. The maximum Gasteiger partial charge on any atom is 0.411 e. The standard InChI is InChI=1S/C26H26N4O5/c1-30-23(24(31)28-16-11-10-15(12-16)25(32)33)22(13-27-30)29-26(34)35-14-21-19-8-4-2-6-17(19)18-7-3-5-9-20(18)21/h2-9,13,15-16,21H,10-12,14H2,1H3,(H,28,31)(H,29,34)(H,32,33)/t15-,16+/m1/s1. The van der Waals surface area contributed by atoms with Crippen LogP contribution in [0.2, 0.25) is 0 Å². The normalized spacial score (nSPS) is 18.5. The number of nitrogens with zero attached hydrogens (tertiary/aromatic N) is 2. The number of rotatable bonds is 6. The third-order valence-corrected chi connectivity index (χ3v) is 6.85. The quantitative estimate of drug-likeness (QED) is 0.500. The summed E-state index contributed by atoms with van der Waals surface area (Å²) in [4.78, 5) is 36.8. The second-order valence-corrected chi connectivity index (χ2v) is 9.00. The van der Waals surface area contributed by atoms with Crippen LogP contribution in [0, 0.1) is 5.92 Å². The van der Waals surface area contributed by atoms with E-state index in [1.165, 1.54) is 10.9 Å². The molecule has 3 N–H and O–H groups in total. The Balaban J connectivity index is 1.24. The molecular weight excluding hydrogens is 448 g/mol. The van der Waals surface area contributed by atoms with Crippen molar-refractivity contribution in [1.29, 1.82) is 0 Å². The first-order chi connectivity index (χ1) is 16.9. The molecule has 2 amide bonds. The molecule has 2 aliphatic rings. The Kier molecular flexibility index (Phi) is 5.98. The third kappa shape index (κ3) is 4.37. The third-order valence-electron chi connectivity index (χ3n) is 6.85. The molecule has 2 aliphatic carbocycles. The summed E-state index contributed by atoms with van der Waals surface area (Å²) in [5.41, 5.74) is 4.91. The van der Waals surface area contributed by atoms with E-state index in [-0.39, 0.29) is 29.9 Å². The predicted octanol–water partition coefficient (Wildman–Crippen LogP) is 3.76. The molecule has 9 nitrogen and oxygen atoms in total.